The highest BCUT2D eigenvalue weighted by molar-refractivity contribution is 6.12. The van der Waals surface area contributed by atoms with Gasteiger partial charge in [-0.1, -0.05) is 54.4 Å². The number of imide groups is 1. The maximum Gasteiger partial charge on any atom is 0.253 e. The van der Waals surface area contributed by atoms with Gasteiger partial charge in [0.05, 0.1) is 12.2 Å². The maximum atomic E-state index is 12.1. The summed E-state index contributed by atoms with van der Waals surface area (Å²) in [5, 5.41) is 0. The van der Waals surface area contributed by atoms with Crippen molar-refractivity contribution in [3.63, 3.8) is 0 Å². The zero-order valence-corrected chi connectivity index (χ0v) is 22.8. The van der Waals surface area contributed by atoms with Gasteiger partial charge in [-0.2, -0.15) is 9.78 Å². The second-order valence-electron chi connectivity index (χ2n) is 12.1. The van der Waals surface area contributed by atoms with Crippen LogP contribution in [0.4, 0.5) is 0 Å². The van der Waals surface area contributed by atoms with Crippen LogP contribution in [0.25, 0.3) is 0 Å². The van der Waals surface area contributed by atoms with E-state index in [1.807, 2.05) is 0 Å². The molecular weight excluding hydrogens is 446 g/mol. The summed E-state index contributed by atoms with van der Waals surface area (Å²) in [4.78, 5) is 49.6. The summed E-state index contributed by atoms with van der Waals surface area (Å²) in [7, 11) is 0. The Morgan fingerprint density at radius 1 is 0.829 bits per heavy atom. The molecule has 35 heavy (non-hydrogen) atoms. The Bertz CT molecular complexity index is 696. The first-order valence-electron chi connectivity index (χ1n) is 13.7. The van der Waals surface area contributed by atoms with Gasteiger partial charge in [0.2, 0.25) is 5.79 Å². The Hall–Kier alpha value is -1.28. The van der Waals surface area contributed by atoms with E-state index in [2.05, 4.69) is 41.5 Å². The number of carbonyl (C=O) groups excluding carboxylic acids is 2. The van der Waals surface area contributed by atoms with E-state index in [1.165, 1.54) is 29.9 Å². The molecule has 6 atom stereocenters. The second kappa shape index (κ2) is 12.3. The van der Waals surface area contributed by atoms with E-state index in [1.54, 1.807) is 6.92 Å². The summed E-state index contributed by atoms with van der Waals surface area (Å²) in [6, 6.07) is 0. The quantitative estimate of drug-likeness (QED) is 0.156. The molecule has 0 N–H and O–H groups in total. The van der Waals surface area contributed by atoms with Crippen LogP contribution < -0.4 is 0 Å². The first-order chi connectivity index (χ1) is 16.5. The summed E-state index contributed by atoms with van der Waals surface area (Å²) in [5.74, 6) is 1.04. The van der Waals surface area contributed by atoms with Crippen molar-refractivity contribution in [3.05, 3.63) is 12.2 Å². The van der Waals surface area contributed by atoms with Gasteiger partial charge in [0.15, 0.2) is 0 Å². The average molecular weight is 494 g/mol. The van der Waals surface area contributed by atoms with E-state index in [0.29, 0.717) is 35.5 Å². The lowest BCUT2D eigenvalue weighted by Crippen LogP contribution is -2.44. The highest BCUT2D eigenvalue weighted by Gasteiger charge is 2.40. The lowest BCUT2D eigenvalue weighted by Gasteiger charge is -2.40. The molecule has 7 nitrogen and oxygen atoms in total. The van der Waals surface area contributed by atoms with E-state index in [-0.39, 0.29) is 37.0 Å². The van der Waals surface area contributed by atoms with Gasteiger partial charge in [-0.25, -0.2) is 9.78 Å². The Morgan fingerprint density at radius 3 is 1.66 bits per heavy atom. The molecule has 2 amide bonds. The molecule has 2 saturated carbocycles. The molecule has 0 saturated heterocycles. The van der Waals surface area contributed by atoms with Crippen LogP contribution in [0.2, 0.25) is 0 Å². The van der Waals surface area contributed by atoms with Crippen LogP contribution in [0.15, 0.2) is 12.2 Å². The zero-order chi connectivity index (χ0) is 25.8. The van der Waals surface area contributed by atoms with Crippen molar-refractivity contribution in [3.8, 4) is 0 Å². The molecule has 1 aliphatic heterocycles. The summed E-state index contributed by atoms with van der Waals surface area (Å²) in [6.07, 6.45) is 9.25. The van der Waals surface area contributed by atoms with Gasteiger partial charge in [0, 0.05) is 25.1 Å². The Labute approximate surface area is 211 Å². The third-order valence-corrected chi connectivity index (χ3v) is 8.31. The second-order valence-corrected chi connectivity index (χ2v) is 12.1. The van der Waals surface area contributed by atoms with E-state index >= 15 is 0 Å². The van der Waals surface area contributed by atoms with Crippen molar-refractivity contribution in [1.29, 1.82) is 0 Å². The number of hydrogen-bond acceptors (Lipinski definition) is 6. The van der Waals surface area contributed by atoms with Gasteiger partial charge in [0.25, 0.3) is 11.8 Å². The van der Waals surface area contributed by atoms with Crippen LogP contribution in [0, 0.1) is 35.5 Å². The Morgan fingerprint density at radius 2 is 1.26 bits per heavy atom. The summed E-state index contributed by atoms with van der Waals surface area (Å²) < 4.78 is 0. The largest absolute Gasteiger partial charge is 0.275 e. The molecule has 3 aliphatic rings. The van der Waals surface area contributed by atoms with E-state index in [9.17, 15) is 9.59 Å². The van der Waals surface area contributed by atoms with Crippen LogP contribution in [-0.2, 0) is 29.1 Å². The van der Waals surface area contributed by atoms with Gasteiger partial charge in [-0.3, -0.25) is 14.5 Å². The molecule has 0 aromatic rings. The van der Waals surface area contributed by atoms with Crippen molar-refractivity contribution in [2.45, 2.75) is 111 Å². The standard InChI is InChI=1S/C28H47NO6/c1-18(2)22-10-8-20(5)16-24(22)32-34-28(7,14-15-29-26(30)12-13-27(29)31)35-33-25-17-21(6)9-11-23(25)19(3)4/h12-13,18-25H,8-11,14-17H2,1-7H3. The van der Waals surface area contributed by atoms with Crippen molar-refractivity contribution in [1.82, 2.24) is 4.90 Å². The first kappa shape index (κ1) is 28.3. The topological polar surface area (TPSA) is 74.3 Å². The Balaban J connectivity index is 1.69. The minimum absolute atomic E-state index is 0.0310. The van der Waals surface area contributed by atoms with E-state index < -0.39 is 5.79 Å². The fraction of sp³-hybridized carbons (Fsp3) is 0.857. The number of carbonyl (C=O) groups is 2. The molecule has 0 radical (unpaired) electrons. The molecule has 0 spiro atoms. The Kier molecular flexibility index (Phi) is 9.95. The molecule has 3 rings (SSSR count). The minimum atomic E-state index is -1.26. The lowest BCUT2D eigenvalue weighted by molar-refractivity contribution is -0.530. The molecule has 0 aromatic heterocycles. The van der Waals surface area contributed by atoms with Crippen LogP contribution in [0.3, 0.4) is 0 Å². The number of amides is 2. The van der Waals surface area contributed by atoms with Crippen molar-refractivity contribution in [2.75, 3.05) is 6.54 Å². The zero-order valence-electron chi connectivity index (χ0n) is 22.8. The predicted molar refractivity (Wildman–Crippen MR) is 133 cm³/mol. The molecule has 1 heterocycles. The maximum absolute atomic E-state index is 12.1. The molecule has 200 valence electrons. The third kappa shape index (κ3) is 7.61. The van der Waals surface area contributed by atoms with Crippen LogP contribution in [0.1, 0.15) is 93.4 Å². The van der Waals surface area contributed by atoms with Gasteiger partial charge < -0.3 is 0 Å². The molecule has 0 aromatic carbocycles. The van der Waals surface area contributed by atoms with Gasteiger partial charge >= 0.3 is 0 Å². The van der Waals surface area contributed by atoms with Crippen LogP contribution in [-0.4, -0.2) is 41.3 Å². The third-order valence-electron chi connectivity index (χ3n) is 8.31. The van der Waals surface area contributed by atoms with E-state index in [0.717, 1.165) is 25.7 Å². The van der Waals surface area contributed by atoms with Crippen LogP contribution >= 0.6 is 0 Å². The summed E-state index contributed by atoms with van der Waals surface area (Å²) in [6.45, 7) is 15.3. The molecule has 6 unspecified atom stereocenters. The normalized spacial score (nSPS) is 33.7. The van der Waals surface area contributed by atoms with E-state index in [4.69, 9.17) is 19.6 Å². The minimum Gasteiger partial charge on any atom is -0.275 e. The van der Waals surface area contributed by atoms with Gasteiger partial charge in [-0.15, -0.1) is 0 Å². The average Bonchev–Trinajstić information content (AvgIpc) is 3.12. The molecule has 2 aliphatic carbocycles. The highest BCUT2D eigenvalue weighted by Crippen LogP contribution is 2.38. The fourth-order valence-electron chi connectivity index (χ4n) is 5.84. The number of hydrogen-bond donors (Lipinski definition) is 0. The number of rotatable bonds is 11. The fourth-order valence-corrected chi connectivity index (χ4v) is 5.84. The highest BCUT2D eigenvalue weighted by atomic mass is 17.3. The molecular formula is C28H47NO6. The molecule has 2 fully saturated rings. The smallest absolute Gasteiger partial charge is 0.253 e. The van der Waals surface area contributed by atoms with Crippen molar-refractivity contribution in [2.24, 2.45) is 35.5 Å². The molecule has 0 bridgehead atoms. The predicted octanol–water partition coefficient (Wildman–Crippen LogP) is 5.84. The van der Waals surface area contributed by atoms with Crippen molar-refractivity contribution < 1.29 is 29.1 Å². The number of nitrogens with zero attached hydrogens (tertiary/aromatic N) is 1. The summed E-state index contributed by atoms with van der Waals surface area (Å²) >= 11 is 0. The van der Waals surface area contributed by atoms with Gasteiger partial charge in [0.1, 0.15) is 0 Å². The monoisotopic (exact) mass is 493 g/mol. The lowest BCUT2D eigenvalue weighted by atomic mass is 9.75. The SMILES string of the molecule is CC1CCC(C(C)C)C(OOC(C)(CCN2C(=O)C=CC2=O)OOC2CC(C)CCC2C(C)C)C1. The van der Waals surface area contributed by atoms with Gasteiger partial charge in [-0.05, 0) is 68.1 Å². The summed E-state index contributed by atoms with van der Waals surface area (Å²) in [5.41, 5.74) is 0. The first-order valence-corrected chi connectivity index (χ1v) is 13.7. The van der Waals surface area contributed by atoms with Crippen molar-refractivity contribution >= 4 is 11.8 Å². The van der Waals surface area contributed by atoms with Crippen LogP contribution in [0.5, 0.6) is 0 Å². The molecule has 7 heteroatoms.